The average molecular weight is 200 g/mol. The zero-order valence-electron chi connectivity index (χ0n) is 9.58. The Balaban J connectivity index is 2.13. The Morgan fingerprint density at radius 1 is 1.29 bits per heavy atom. The van der Waals surface area contributed by atoms with Crippen molar-refractivity contribution in [3.05, 3.63) is 0 Å². The van der Waals surface area contributed by atoms with Gasteiger partial charge in [-0.2, -0.15) is 0 Å². The number of nitrogens with zero attached hydrogens (tertiary/aromatic N) is 2. The van der Waals surface area contributed by atoms with Crippen molar-refractivity contribution < 1.29 is 5.11 Å². The minimum absolute atomic E-state index is 0.335. The summed E-state index contributed by atoms with van der Waals surface area (Å²) in [5, 5.41) is 8.70. The first-order valence-corrected chi connectivity index (χ1v) is 5.73. The van der Waals surface area contributed by atoms with Crippen molar-refractivity contribution in [3.63, 3.8) is 0 Å². The van der Waals surface area contributed by atoms with Crippen LogP contribution in [0.15, 0.2) is 0 Å². The summed E-state index contributed by atoms with van der Waals surface area (Å²) in [6, 6.07) is 0.768. The Kier molecular flexibility index (Phi) is 5.45. The monoisotopic (exact) mass is 200 g/mol. The first-order valence-electron chi connectivity index (χ1n) is 5.73. The minimum atomic E-state index is 0.335. The van der Waals surface area contributed by atoms with Gasteiger partial charge < -0.3 is 14.9 Å². The second-order valence-corrected chi connectivity index (χ2v) is 4.45. The molecule has 0 amide bonds. The molecule has 0 aromatic heterocycles. The van der Waals surface area contributed by atoms with Crippen LogP contribution in [0.3, 0.4) is 0 Å². The second-order valence-electron chi connectivity index (χ2n) is 4.45. The van der Waals surface area contributed by atoms with E-state index in [1.54, 1.807) is 0 Å². The maximum absolute atomic E-state index is 8.70. The predicted octanol–water partition coefficient (Wildman–Crippen LogP) is 0.785. The molecule has 1 fully saturated rings. The fraction of sp³-hybridized carbons (Fsp3) is 1.00. The number of hydrogen-bond donors (Lipinski definition) is 1. The van der Waals surface area contributed by atoms with Crippen LogP contribution in [0.4, 0.5) is 0 Å². The van der Waals surface area contributed by atoms with E-state index in [4.69, 9.17) is 5.11 Å². The zero-order chi connectivity index (χ0) is 10.4. The number of rotatable bonds is 5. The lowest BCUT2D eigenvalue weighted by molar-refractivity contribution is 0.140. The average Bonchev–Trinajstić information content (AvgIpc) is 2.19. The Labute approximate surface area is 87.7 Å². The highest BCUT2D eigenvalue weighted by atomic mass is 16.2. The molecule has 84 valence electrons. The number of likely N-dealkylation sites (tertiary alicyclic amines) is 1. The normalized spacial score (nSPS) is 20.6. The summed E-state index contributed by atoms with van der Waals surface area (Å²) >= 11 is 0. The van der Waals surface area contributed by atoms with Crippen LogP contribution in [0.25, 0.3) is 0 Å². The highest BCUT2D eigenvalue weighted by Crippen LogP contribution is 2.14. The molecular weight excluding hydrogens is 176 g/mol. The van der Waals surface area contributed by atoms with E-state index in [2.05, 4.69) is 23.9 Å². The molecule has 3 nitrogen and oxygen atoms in total. The number of unbranched alkanes of at least 4 members (excludes halogenated alkanes) is 1. The lowest BCUT2D eigenvalue weighted by atomic mass is 10.0. The van der Waals surface area contributed by atoms with Crippen molar-refractivity contribution in [2.24, 2.45) is 0 Å². The van der Waals surface area contributed by atoms with Gasteiger partial charge in [0.25, 0.3) is 0 Å². The molecular formula is C11H24N2O. The third-order valence-electron chi connectivity index (χ3n) is 3.23. The molecule has 1 N–H and O–H groups in total. The van der Waals surface area contributed by atoms with Crippen molar-refractivity contribution in [1.82, 2.24) is 9.80 Å². The van der Waals surface area contributed by atoms with E-state index >= 15 is 0 Å². The molecule has 0 aromatic carbocycles. The summed E-state index contributed by atoms with van der Waals surface area (Å²) in [5.74, 6) is 0. The van der Waals surface area contributed by atoms with Gasteiger partial charge in [-0.1, -0.05) is 0 Å². The van der Waals surface area contributed by atoms with Crippen molar-refractivity contribution >= 4 is 0 Å². The fourth-order valence-electron chi connectivity index (χ4n) is 2.09. The third-order valence-corrected chi connectivity index (χ3v) is 3.23. The Morgan fingerprint density at radius 2 is 1.93 bits per heavy atom. The molecule has 1 heterocycles. The van der Waals surface area contributed by atoms with E-state index in [0.29, 0.717) is 6.61 Å². The number of aliphatic hydroxyl groups excluding tert-OH is 1. The first kappa shape index (κ1) is 12.0. The molecule has 3 heteroatoms. The van der Waals surface area contributed by atoms with Crippen molar-refractivity contribution in [1.29, 1.82) is 0 Å². The van der Waals surface area contributed by atoms with E-state index in [9.17, 15) is 0 Å². The zero-order valence-corrected chi connectivity index (χ0v) is 9.58. The van der Waals surface area contributed by atoms with Crippen LogP contribution in [0.2, 0.25) is 0 Å². The van der Waals surface area contributed by atoms with Crippen LogP contribution < -0.4 is 0 Å². The van der Waals surface area contributed by atoms with Crippen LogP contribution in [-0.2, 0) is 0 Å². The molecule has 0 atom stereocenters. The molecule has 1 aliphatic heterocycles. The summed E-state index contributed by atoms with van der Waals surface area (Å²) in [6.45, 7) is 3.93. The highest BCUT2D eigenvalue weighted by molar-refractivity contribution is 4.76. The van der Waals surface area contributed by atoms with Gasteiger partial charge in [-0.15, -0.1) is 0 Å². The summed E-state index contributed by atoms with van der Waals surface area (Å²) < 4.78 is 0. The van der Waals surface area contributed by atoms with Gasteiger partial charge in [-0.05, 0) is 59.4 Å². The van der Waals surface area contributed by atoms with Crippen molar-refractivity contribution in [2.45, 2.75) is 31.7 Å². The van der Waals surface area contributed by atoms with Crippen molar-refractivity contribution in [2.75, 3.05) is 40.3 Å². The fourth-order valence-corrected chi connectivity index (χ4v) is 2.09. The summed E-state index contributed by atoms with van der Waals surface area (Å²) in [6.07, 6.45) is 4.66. The molecule has 0 aromatic rings. The Morgan fingerprint density at radius 3 is 2.50 bits per heavy atom. The quantitative estimate of drug-likeness (QED) is 0.665. The molecule has 0 radical (unpaired) electrons. The van der Waals surface area contributed by atoms with E-state index < -0.39 is 0 Å². The topological polar surface area (TPSA) is 26.7 Å². The van der Waals surface area contributed by atoms with Gasteiger partial charge in [0.05, 0.1) is 0 Å². The van der Waals surface area contributed by atoms with Gasteiger partial charge in [0.15, 0.2) is 0 Å². The molecule has 0 unspecified atom stereocenters. The van der Waals surface area contributed by atoms with Crippen LogP contribution in [0, 0.1) is 0 Å². The van der Waals surface area contributed by atoms with Crippen molar-refractivity contribution in [3.8, 4) is 0 Å². The van der Waals surface area contributed by atoms with Gasteiger partial charge in [0, 0.05) is 12.6 Å². The standard InChI is InChI=1S/C11H24N2O/c1-12-8-5-11(6-9-12)13(2)7-3-4-10-14/h11,14H,3-10H2,1-2H3. The predicted molar refractivity (Wildman–Crippen MR) is 59.5 cm³/mol. The number of hydrogen-bond acceptors (Lipinski definition) is 3. The molecule has 1 saturated heterocycles. The van der Waals surface area contributed by atoms with E-state index in [0.717, 1.165) is 25.4 Å². The van der Waals surface area contributed by atoms with Gasteiger partial charge in [-0.3, -0.25) is 0 Å². The van der Waals surface area contributed by atoms with Crippen LogP contribution in [-0.4, -0.2) is 61.3 Å². The Bertz CT molecular complexity index is 144. The molecule has 0 spiro atoms. The molecule has 1 aliphatic rings. The molecule has 0 saturated carbocycles. The van der Waals surface area contributed by atoms with Gasteiger partial charge in [0.2, 0.25) is 0 Å². The summed E-state index contributed by atoms with van der Waals surface area (Å²) in [5.41, 5.74) is 0. The van der Waals surface area contributed by atoms with Crippen LogP contribution >= 0.6 is 0 Å². The van der Waals surface area contributed by atoms with E-state index in [1.165, 1.54) is 25.9 Å². The lowest BCUT2D eigenvalue weighted by Crippen LogP contribution is -2.42. The third kappa shape index (κ3) is 3.95. The van der Waals surface area contributed by atoms with Crippen LogP contribution in [0.1, 0.15) is 25.7 Å². The minimum Gasteiger partial charge on any atom is -0.396 e. The number of aliphatic hydroxyl groups is 1. The van der Waals surface area contributed by atoms with Gasteiger partial charge in [0.1, 0.15) is 0 Å². The van der Waals surface area contributed by atoms with Crippen LogP contribution in [0.5, 0.6) is 0 Å². The molecule has 0 bridgehead atoms. The molecule has 0 aliphatic carbocycles. The smallest absolute Gasteiger partial charge is 0.0431 e. The summed E-state index contributed by atoms with van der Waals surface area (Å²) in [7, 11) is 4.41. The maximum atomic E-state index is 8.70. The van der Waals surface area contributed by atoms with E-state index in [1.807, 2.05) is 0 Å². The maximum Gasteiger partial charge on any atom is 0.0431 e. The molecule has 1 rings (SSSR count). The SMILES string of the molecule is CN1CCC(N(C)CCCCO)CC1. The summed E-state index contributed by atoms with van der Waals surface area (Å²) in [4.78, 5) is 4.86. The first-order chi connectivity index (χ1) is 6.74. The second kappa shape index (κ2) is 6.38. The largest absolute Gasteiger partial charge is 0.396 e. The van der Waals surface area contributed by atoms with Gasteiger partial charge in [-0.25, -0.2) is 0 Å². The van der Waals surface area contributed by atoms with Gasteiger partial charge >= 0.3 is 0 Å². The molecule has 14 heavy (non-hydrogen) atoms. The van der Waals surface area contributed by atoms with E-state index in [-0.39, 0.29) is 0 Å². The highest BCUT2D eigenvalue weighted by Gasteiger charge is 2.19. The Hall–Kier alpha value is -0.120. The lowest BCUT2D eigenvalue weighted by Gasteiger charge is -2.35. The number of piperidine rings is 1.